The van der Waals surface area contributed by atoms with E-state index in [0.717, 1.165) is 5.56 Å². The molecule has 0 aliphatic rings. The molecular weight excluding hydrogens is 197 g/mol. The van der Waals surface area contributed by atoms with Crippen molar-refractivity contribution < 1.29 is 13.9 Å². The lowest BCUT2D eigenvalue weighted by Crippen LogP contribution is -2.13. The predicted molar refractivity (Wildman–Crippen MR) is 56.5 cm³/mol. The molecule has 0 heterocycles. The summed E-state index contributed by atoms with van der Waals surface area (Å²) >= 11 is 0. The number of aryl methyl sites for hydroxylation is 1. The summed E-state index contributed by atoms with van der Waals surface area (Å²) in [4.78, 5) is 0. The number of hydrogen-bond acceptors (Lipinski definition) is 3. The maximum atomic E-state index is 12.8. The first kappa shape index (κ1) is 11.9. The number of benzene rings is 1. The standard InChI is InChI=1S/C11H16FNO2/c1-9-2-3-10(12)8-11(9)15-7-6-14-5-4-13/h2-3,8H,4-7,13H2,1H3. The van der Waals surface area contributed by atoms with Gasteiger partial charge in [0.05, 0.1) is 13.2 Å². The van der Waals surface area contributed by atoms with Crippen molar-refractivity contribution in [2.24, 2.45) is 5.73 Å². The molecule has 0 aliphatic heterocycles. The maximum Gasteiger partial charge on any atom is 0.126 e. The first-order chi connectivity index (χ1) is 7.24. The molecule has 3 nitrogen and oxygen atoms in total. The molecule has 0 unspecified atom stereocenters. The lowest BCUT2D eigenvalue weighted by Gasteiger charge is -2.09. The smallest absolute Gasteiger partial charge is 0.126 e. The molecule has 0 saturated heterocycles. The van der Waals surface area contributed by atoms with Crippen LogP contribution in [0.3, 0.4) is 0 Å². The Morgan fingerprint density at radius 2 is 2.07 bits per heavy atom. The molecular formula is C11H16FNO2. The average molecular weight is 213 g/mol. The van der Waals surface area contributed by atoms with E-state index in [4.69, 9.17) is 15.2 Å². The van der Waals surface area contributed by atoms with E-state index in [2.05, 4.69) is 0 Å². The van der Waals surface area contributed by atoms with E-state index in [-0.39, 0.29) is 5.82 Å². The first-order valence-corrected chi connectivity index (χ1v) is 4.91. The van der Waals surface area contributed by atoms with Crippen molar-refractivity contribution in [3.8, 4) is 5.75 Å². The van der Waals surface area contributed by atoms with Gasteiger partial charge in [-0.3, -0.25) is 0 Å². The summed E-state index contributed by atoms with van der Waals surface area (Å²) < 4.78 is 23.3. The van der Waals surface area contributed by atoms with Crippen molar-refractivity contribution in [1.82, 2.24) is 0 Å². The van der Waals surface area contributed by atoms with Crippen LogP contribution in [0.2, 0.25) is 0 Å². The maximum absolute atomic E-state index is 12.8. The summed E-state index contributed by atoms with van der Waals surface area (Å²) in [6, 6.07) is 4.47. The van der Waals surface area contributed by atoms with Gasteiger partial charge in [-0.15, -0.1) is 0 Å². The van der Waals surface area contributed by atoms with Crippen LogP contribution in [0.5, 0.6) is 5.75 Å². The van der Waals surface area contributed by atoms with Gasteiger partial charge in [0.1, 0.15) is 18.2 Å². The highest BCUT2D eigenvalue weighted by atomic mass is 19.1. The molecule has 1 aromatic rings. The Bertz CT molecular complexity index is 305. The van der Waals surface area contributed by atoms with Gasteiger partial charge in [-0.25, -0.2) is 4.39 Å². The zero-order chi connectivity index (χ0) is 11.1. The van der Waals surface area contributed by atoms with E-state index < -0.39 is 0 Å². The molecule has 0 aliphatic carbocycles. The highest BCUT2D eigenvalue weighted by molar-refractivity contribution is 5.32. The third-order valence-corrected chi connectivity index (χ3v) is 1.90. The van der Waals surface area contributed by atoms with E-state index in [1.165, 1.54) is 12.1 Å². The highest BCUT2D eigenvalue weighted by Gasteiger charge is 2.00. The molecule has 0 radical (unpaired) electrons. The quantitative estimate of drug-likeness (QED) is 0.728. The van der Waals surface area contributed by atoms with E-state index in [9.17, 15) is 4.39 Å². The van der Waals surface area contributed by atoms with Crippen LogP contribution < -0.4 is 10.5 Å². The van der Waals surface area contributed by atoms with Crippen molar-refractivity contribution in [1.29, 1.82) is 0 Å². The van der Waals surface area contributed by atoms with Gasteiger partial charge in [0.15, 0.2) is 0 Å². The Balaban J connectivity index is 2.33. The van der Waals surface area contributed by atoms with Crippen LogP contribution in [0, 0.1) is 12.7 Å². The van der Waals surface area contributed by atoms with Gasteiger partial charge in [0.2, 0.25) is 0 Å². The Labute approximate surface area is 89.0 Å². The summed E-state index contributed by atoms with van der Waals surface area (Å²) in [5.74, 6) is 0.268. The summed E-state index contributed by atoms with van der Waals surface area (Å²) in [6.45, 7) is 3.76. The van der Waals surface area contributed by atoms with Crippen LogP contribution in [-0.4, -0.2) is 26.4 Å². The molecule has 0 bridgehead atoms. The van der Waals surface area contributed by atoms with Crippen molar-refractivity contribution in [2.45, 2.75) is 6.92 Å². The van der Waals surface area contributed by atoms with Crippen molar-refractivity contribution in [3.05, 3.63) is 29.6 Å². The van der Waals surface area contributed by atoms with E-state index in [1.54, 1.807) is 6.07 Å². The number of ether oxygens (including phenoxy) is 2. The minimum absolute atomic E-state index is 0.293. The molecule has 1 rings (SSSR count). The molecule has 1 aromatic carbocycles. The largest absolute Gasteiger partial charge is 0.491 e. The second-order valence-electron chi connectivity index (χ2n) is 3.16. The number of nitrogens with two attached hydrogens (primary N) is 1. The second kappa shape index (κ2) is 6.37. The van der Waals surface area contributed by atoms with Crippen LogP contribution >= 0.6 is 0 Å². The zero-order valence-electron chi connectivity index (χ0n) is 8.83. The topological polar surface area (TPSA) is 44.5 Å². The number of hydrogen-bond donors (Lipinski definition) is 1. The summed E-state index contributed by atoms with van der Waals surface area (Å²) in [5.41, 5.74) is 6.16. The lowest BCUT2D eigenvalue weighted by atomic mass is 10.2. The average Bonchev–Trinajstić information content (AvgIpc) is 2.23. The summed E-state index contributed by atoms with van der Waals surface area (Å²) in [6.07, 6.45) is 0. The van der Waals surface area contributed by atoms with Gasteiger partial charge < -0.3 is 15.2 Å². The zero-order valence-corrected chi connectivity index (χ0v) is 8.83. The predicted octanol–water partition coefficient (Wildman–Crippen LogP) is 1.49. The van der Waals surface area contributed by atoms with E-state index >= 15 is 0 Å². The minimum Gasteiger partial charge on any atom is -0.491 e. The molecule has 0 amide bonds. The van der Waals surface area contributed by atoms with Crippen molar-refractivity contribution >= 4 is 0 Å². The number of rotatable bonds is 6. The van der Waals surface area contributed by atoms with Gasteiger partial charge in [0.25, 0.3) is 0 Å². The van der Waals surface area contributed by atoms with Crippen LogP contribution in [0.15, 0.2) is 18.2 Å². The summed E-state index contributed by atoms with van der Waals surface area (Å²) in [5, 5.41) is 0. The van der Waals surface area contributed by atoms with Gasteiger partial charge in [-0.05, 0) is 18.6 Å². The molecule has 0 atom stereocenters. The van der Waals surface area contributed by atoms with Crippen LogP contribution in [0.1, 0.15) is 5.56 Å². The van der Waals surface area contributed by atoms with Gasteiger partial charge in [0, 0.05) is 12.6 Å². The van der Waals surface area contributed by atoms with Crippen LogP contribution in [0.4, 0.5) is 4.39 Å². The van der Waals surface area contributed by atoms with Gasteiger partial charge in [-0.1, -0.05) is 6.07 Å². The Morgan fingerprint density at radius 1 is 1.27 bits per heavy atom. The van der Waals surface area contributed by atoms with Gasteiger partial charge in [-0.2, -0.15) is 0 Å². The second-order valence-corrected chi connectivity index (χ2v) is 3.16. The summed E-state index contributed by atoms with van der Waals surface area (Å²) in [7, 11) is 0. The molecule has 0 aromatic heterocycles. The van der Waals surface area contributed by atoms with Crippen LogP contribution in [0.25, 0.3) is 0 Å². The minimum atomic E-state index is -0.293. The molecule has 0 fully saturated rings. The Kier molecular flexibility index (Phi) is 5.07. The fourth-order valence-corrected chi connectivity index (χ4v) is 1.13. The third kappa shape index (κ3) is 4.27. The first-order valence-electron chi connectivity index (χ1n) is 4.91. The molecule has 2 N–H and O–H groups in total. The van der Waals surface area contributed by atoms with E-state index in [1.807, 2.05) is 6.92 Å². The SMILES string of the molecule is Cc1ccc(F)cc1OCCOCCN. The van der Waals surface area contributed by atoms with Crippen molar-refractivity contribution in [3.63, 3.8) is 0 Å². The third-order valence-electron chi connectivity index (χ3n) is 1.90. The highest BCUT2D eigenvalue weighted by Crippen LogP contribution is 2.18. The normalized spacial score (nSPS) is 10.3. The van der Waals surface area contributed by atoms with Crippen LogP contribution in [-0.2, 0) is 4.74 Å². The fourth-order valence-electron chi connectivity index (χ4n) is 1.13. The van der Waals surface area contributed by atoms with Crippen molar-refractivity contribution in [2.75, 3.05) is 26.4 Å². The Hall–Kier alpha value is -1.13. The molecule has 0 spiro atoms. The molecule has 4 heteroatoms. The monoisotopic (exact) mass is 213 g/mol. The Morgan fingerprint density at radius 3 is 2.80 bits per heavy atom. The number of halogens is 1. The van der Waals surface area contributed by atoms with Gasteiger partial charge >= 0.3 is 0 Å². The molecule has 15 heavy (non-hydrogen) atoms. The molecule has 84 valence electrons. The molecule has 0 saturated carbocycles. The lowest BCUT2D eigenvalue weighted by molar-refractivity contribution is 0.105. The fraction of sp³-hybridized carbons (Fsp3) is 0.455. The van der Waals surface area contributed by atoms with E-state index in [0.29, 0.717) is 32.1 Å².